The monoisotopic (exact) mass is 338 g/mol. The van der Waals surface area contributed by atoms with Crippen LogP contribution in [-0.4, -0.2) is 23.9 Å². The molecule has 0 saturated heterocycles. The van der Waals surface area contributed by atoms with Gasteiger partial charge < -0.3 is 9.47 Å². The van der Waals surface area contributed by atoms with Crippen LogP contribution < -0.4 is 4.74 Å². The predicted molar refractivity (Wildman–Crippen MR) is 91.4 cm³/mol. The Labute approximate surface area is 143 Å². The van der Waals surface area contributed by atoms with E-state index in [2.05, 4.69) is 4.99 Å². The number of nitrogens with zero attached hydrogens (tertiary/aromatic N) is 2. The zero-order valence-electron chi connectivity index (χ0n) is 13.6. The van der Waals surface area contributed by atoms with Crippen molar-refractivity contribution < 1.29 is 19.2 Å². The smallest absolute Gasteiger partial charge is 0.363 e. The van der Waals surface area contributed by atoms with Gasteiger partial charge in [0.1, 0.15) is 5.75 Å². The average molecular weight is 338 g/mol. The van der Waals surface area contributed by atoms with Gasteiger partial charge >= 0.3 is 5.97 Å². The number of nitro groups is 1. The van der Waals surface area contributed by atoms with E-state index < -0.39 is 10.9 Å². The van der Waals surface area contributed by atoms with E-state index in [9.17, 15) is 14.9 Å². The lowest BCUT2D eigenvalue weighted by molar-refractivity contribution is -0.384. The number of esters is 1. The van der Waals surface area contributed by atoms with Crippen molar-refractivity contribution in [1.29, 1.82) is 0 Å². The van der Waals surface area contributed by atoms with Crippen LogP contribution in [0.25, 0.3) is 6.08 Å². The number of rotatable bonds is 4. The van der Waals surface area contributed by atoms with E-state index in [1.165, 1.54) is 25.3 Å². The van der Waals surface area contributed by atoms with Crippen LogP contribution in [-0.2, 0) is 9.53 Å². The molecule has 0 amide bonds. The molecule has 7 heteroatoms. The normalized spacial score (nSPS) is 15.0. The fourth-order valence-corrected chi connectivity index (χ4v) is 2.50. The van der Waals surface area contributed by atoms with Crippen LogP contribution in [0.1, 0.15) is 16.7 Å². The maximum atomic E-state index is 12.1. The number of ether oxygens (including phenoxy) is 2. The van der Waals surface area contributed by atoms with E-state index >= 15 is 0 Å². The first-order chi connectivity index (χ1) is 12.0. The van der Waals surface area contributed by atoms with Crippen molar-refractivity contribution in [1.82, 2.24) is 0 Å². The molecule has 126 valence electrons. The number of non-ortho nitro benzene ring substituents is 1. The van der Waals surface area contributed by atoms with Crippen LogP contribution in [0, 0.1) is 17.0 Å². The topological polar surface area (TPSA) is 91.0 Å². The number of methoxy groups -OCH3 is 1. The van der Waals surface area contributed by atoms with E-state index in [0.717, 1.165) is 5.56 Å². The van der Waals surface area contributed by atoms with Gasteiger partial charge in [0.25, 0.3) is 5.69 Å². The summed E-state index contributed by atoms with van der Waals surface area (Å²) in [6.07, 6.45) is 1.45. The van der Waals surface area contributed by atoms with Crippen LogP contribution >= 0.6 is 0 Å². The molecule has 3 rings (SSSR count). The number of hydrogen-bond acceptors (Lipinski definition) is 6. The lowest BCUT2D eigenvalue weighted by Gasteiger charge is -2.09. The second-order valence-corrected chi connectivity index (χ2v) is 5.34. The van der Waals surface area contributed by atoms with Gasteiger partial charge in [-0.05, 0) is 30.2 Å². The SMILES string of the molecule is COc1c(C)cccc1C1=NC(=Cc2cccc([N+](=O)[O-])c2)C(=O)O1. The minimum atomic E-state index is -0.620. The van der Waals surface area contributed by atoms with Crippen molar-refractivity contribution in [3.05, 3.63) is 75.0 Å². The number of cyclic esters (lactones) is 1. The van der Waals surface area contributed by atoms with E-state index in [1.807, 2.05) is 19.1 Å². The highest BCUT2D eigenvalue weighted by Gasteiger charge is 2.26. The zero-order valence-corrected chi connectivity index (χ0v) is 13.6. The predicted octanol–water partition coefficient (Wildman–Crippen LogP) is 3.26. The van der Waals surface area contributed by atoms with Gasteiger partial charge in [0.05, 0.1) is 17.6 Å². The van der Waals surface area contributed by atoms with Gasteiger partial charge in [0.2, 0.25) is 5.90 Å². The van der Waals surface area contributed by atoms with E-state index in [-0.39, 0.29) is 17.3 Å². The summed E-state index contributed by atoms with van der Waals surface area (Å²) >= 11 is 0. The van der Waals surface area contributed by atoms with Crippen LogP contribution in [0.4, 0.5) is 5.69 Å². The van der Waals surface area contributed by atoms with Gasteiger partial charge in [-0.15, -0.1) is 0 Å². The molecule has 0 atom stereocenters. The van der Waals surface area contributed by atoms with Crippen LogP contribution in [0.15, 0.2) is 53.2 Å². The molecular formula is C18H14N2O5. The number of aliphatic imine (C=N–C) groups is 1. The molecule has 0 spiro atoms. The van der Waals surface area contributed by atoms with Crippen molar-refractivity contribution in [2.45, 2.75) is 6.92 Å². The number of hydrogen-bond donors (Lipinski definition) is 0. The van der Waals surface area contributed by atoms with Crippen molar-refractivity contribution in [3.63, 3.8) is 0 Å². The highest BCUT2D eigenvalue weighted by molar-refractivity contribution is 6.13. The molecule has 1 aliphatic heterocycles. The first kappa shape index (κ1) is 16.4. The van der Waals surface area contributed by atoms with Crippen molar-refractivity contribution >= 4 is 23.6 Å². The number of para-hydroxylation sites is 1. The summed E-state index contributed by atoms with van der Waals surface area (Å²) in [4.78, 5) is 26.6. The molecule has 1 aliphatic rings. The van der Waals surface area contributed by atoms with Crippen molar-refractivity contribution in [2.75, 3.05) is 7.11 Å². The molecule has 2 aromatic carbocycles. The van der Waals surface area contributed by atoms with Crippen LogP contribution in [0.5, 0.6) is 5.75 Å². The fourth-order valence-electron chi connectivity index (χ4n) is 2.50. The summed E-state index contributed by atoms with van der Waals surface area (Å²) in [6.45, 7) is 1.87. The maximum Gasteiger partial charge on any atom is 0.363 e. The molecule has 0 radical (unpaired) electrons. The molecule has 1 heterocycles. The summed E-state index contributed by atoms with van der Waals surface area (Å²) in [5.41, 5.74) is 1.94. The first-order valence-electron chi connectivity index (χ1n) is 7.40. The summed E-state index contributed by atoms with van der Waals surface area (Å²) in [5.74, 6) is 0.0953. The number of nitro benzene ring substituents is 1. The third-order valence-corrected chi connectivity index (χ3v) is 3.65. The second-order valence-electron chi connectivity index (χ2n) is 5.34. The van der Waals surface area contributed by atoms with E-state index in [1.54, 1.807) is 18.2 Å². The van der Waals surface area contributed by atoms with Gasteiger partial charge in [-0.3, -0.25) is 10.1 Å². The summed E-state index contributed by atoms with van der Waals surface area (Å²) < 4.78 is 10.6. The van der Waals surface area contributed by atoms with Gasteiger partial charge in [-0.1, -0.05) is 24.3 Å². The maximum absolute atomic E-state index is 12.1. The molecule has 0 fully saturated rings. The standard InChI is InChI=1S/C18H14N2O5/c1-11-5-3-8-14(16(11)24-2)17-19-15(18(21)25-17)10-12-6-4-7-13(9-12)20(22)23/h3-10H,1-2H3. The van der Waals surface area contributed by atoms with E-state index in [0.29, 0.717) is 16.9 Å². The molecule has 0 saturated carbocycles. The summed E-state index contributed by atoms with van der Waals surface area (Å²) in [6, 6.07) is 11.4. The van der Waals surface area contributed by atoms with Gasteiger partial charge in [0.15, 0.2) is 5.70 Å². The largest absolute Gasteiger partial charge is 0.496 e. The molecule has 0 aliphatic carbocycles. The Morgan fingerprint density at radius 2 is 2.00 bits per heavy atom. The minimum absolute atomic E-state index is 0.0646. The number of benzene rings is 2. The van der Waals surface area contributed by atoms with Crippen molar-refractivity contribution in [3.8, 4) is 5.75 Å². The zero-order chi connectivity index (χ0) is 18.0. The Balaban J connectivity index is 2.00. The Morgan fingerprint density at radius 3 is 2.72 bits per heavy atom. The Bertz CT molecular complexity index is 931. The Hall–Kier alpha value is -3.48. The second kappa shape index (κ2) is 6.56. The minimum Gasteiger partial charge on any atom is -0.496 e. The number of aryl methyl sites for hydroxylation is 1. The van der Waals surface area contributed by atoms with Gasteiger partial charge in [0, 0.05) is 12.1 Å². The molecule has 0 aromatic heterocycles. The molecule has 0 unspecified atom stereocenters. The van der Waals surface area contributed by atoms with Gasteiger partial charge in [-0.25, -0.2) is 9.79 Å². The lowest BCUT2D eigenvalue weighted by Crippen LogP contribution is -2.07. The van der Waals surface area contributed by atoms with Crippen LogP contribution in [0.2, 0.25) is 0 Å². The fraction of sp³-hybridized carbons (Fsp3) is 0.111. The van der Waals surface area contributed by atoms with Crippen molar-refractivity contribution in [2.24, 2.45) is 4.99 Å². The molecule has 25 heavy (non-hydrogen) atoms. The quantitative estimate of drug-likeness (QED) is 0.369. The van der Waals surface area contributed by atoms with Crippen LogP contribution in [0.3, 0.4) is 0 Å². The number of carbonyl (C=O) groups is 1. The lowest BCUT2D eigenvalue weighted by atomic mass is 10.1. The highest BCUT2D eigenvalue weighted by Crippen LogP contribution is 2.28. The molecule has 2 aromatic rings. The van der Waals surface area contributed by atoms with Gasteiger partial charge in [-0.2, -0.15) is 0 Å². The Kier molecular flexibility index (Phi) is 4.30. The first-order valence-corrected chi connectivity index (χ1v) is 7.40. The Morgan fingerprint density at radius 1 is 1.24 bits per heavy atom. The summed E-state index contributed by atoms with van der Waals surface area (Å²) in [5, 5.41) is 10.8. The average Bonchev–Trinajstić information content (AvgIpc) is 2.95. The summed E-state index contributed by atoms with van der Waals surface area (Å²) in [7, 11) is 1.53. The third-order valence-electron chi connectivity index (χ3n) is 3.65. The molecule has 0 bridgehead atoms. The highest BCUT2D eigenvalue weighted by atomic mass is 16.6. The molecule has 0 N–H and O–H groups in total. The number of carbonyl (C=O) groups excluding carboxylic acids is 1. The third kappa shape index (κ3) is 3.25. The molecule has 7 nitrogen and oxygen atoms in total. The molecular weight excluding hydrogens is 324 g/mol. The van der Waals surface area contributed by atoms with E-state index in [4.69, 9.17) is 9.47 Å².